The number of nitrogens with zero attached hydrogens (tertiary/aromatic N) is 3. The first kappa shape index (κ1) is 14.4. The number of rotatable bonds is 3. The Morgan fingerprint density at radius 3 is 2.86 bits per heavy atom. The van der Waals surface area contributed by atoms with Gasteiger partial charge < -0.3 is 14.6 Å². The van der Waals surface area contributed by atoms with Gasteiger partial charge in [-0.1, -0.05) is 30.3 Å². The molecule has 0 radical (unpaired) electrons. The number of aliphatic hydroxyl groups excluding tert-OH is 1. The van der Waals surface area contributed by atoms with E-state index in [1.165, 1.54) is 4.90 Å². The first-order valence-electron chi connectivity index (χ1n) is 7.36. The standard InChI is InChI=1S/C15H20N4OS/c1-17-14(12-6-3-2-4-7-12)16-19(15(17)21)11-18-9-5-8-13(20)10-18/h2-4,6-7,13,20H,5,8-11H2,1H3/p+1/t13-/m1/s1. The van der Waals surface area contributed by atoms with E-state index in [4.69, 9.17) is 12.2 Å². The normalized spacial score (nSPS) is 22.4. The molecule has 0 bridgehead atoms. The summed E-state index contributed by atoms with van der Waals surface area (Å²) in [5.41, 5.74) is 1.07. The molecule has 2 aromatic rings. The number of aliphatic hydroxyl groups is 1. The monoisotopic (exact) mass is 305 g/mol. The maximum absolute atomic E-state index is 9.78. The number of likely N-dealkylation sites (tertiary alicyclic amines) is 1. The largest absolute Gasteiger partial charge is 0.387 e. The van der Waals surface area contributed by atoms with Gasteiger partial charge in [0.15, 0.2) is 12.5 Å². The number of hydrogen-bond acceptors (Lipinski definition) is 3. The quantitative estimate of drug-likeness (QED) is 0.817. The number of aromatic nitrogens is 3. The van der Waals surface area contributed by atoms with Crippen LogP contribution in [-0.2, 0) is 13.7 Å². The molecule has 21 heavy (non-hydrogen) atoms. The molecule has 1 unspecified atom stereocenters. The summed E-state index contributed by atoms with van der Waals surface area (Å²) >= 11 is 5.50. The summed E-state index contributed by atoms with van der Waals surface area (Å²) in [6.45, 7) is 2.56. The van der Waals surface area contributed by atoms with E-state index in [0.717, 1.165) is 48.8 Å². The van der Waals surface area contributed by atoms with Gasteiger partial charge in [-0.2, -0.15) is 4.68 Å². The van der Waals surface area contributed by atoms with Gasteiger partial charge in [0.1, 0.15) is 12.6 Å². The fourth-order valence-electron chi connectivity index (χ4n) is 2.91. The highest BCUT2D eigenvalue weighted by Crippen LogP contribution is 2.16. The molecule has 1 aromatic heterocycles. The van der Waals surface area contributed by atoms with Crippen LogP contribution in [0.4, 0.5) is 0 Å². The van der Waals surface area contributed by atoms with Crippen LogP contribution in [0.15, 0.2) is 30.3 Å². The number of piperidine rings is 1. The van der Waals surface area contributed by atoms with Crippen molar-refractivity contribution in [1.29, 1.82) is 0 Å². The minimum absolute atomic E-state index is 0.194. The van der Waals surface area contributed by atoms with E-state index in [1.807, 2.05) is 46.6 Å². The average molecular weight is 305 g/mol. The molecular formula is C15H21N4OS+. The van der Waals surface area contributed by atoms with Gasteiger partial charge in [0, 0.05) is 12.6 Å². The minimum Gasteiger partial charge on any atom is -0.387 e. The summed E-state index contributed by atoms with van der Waals surface area (Å²) in [5.74, 6) is 0.887. The van der Waals surface area contributed by atoms with Crippen LogP contribution < -0.4 is 4.90 Å². The molecule has 0 aliphatic carbocycles. The van der Waals surface area contributed by atoms with Crippen LogP contribution in [0.2, 0.25) is 0 Å². The molecular weight excluding hydrogens is 284 g/mol. The highest BCUT2D eigenvalue weighted by Gasteiger charge is 2.22. The van der Waals surface area contributed by atoms with Crippen LogP contribution >= 0.6 is 12.2 Å². The highest BCUT2D eigenvalue weighted by atomic mass is 32.1. The molecule has 1 saturated heterocycles. The van der Waals surface area contributed by atoms with Crippen molar-refractivity contribution < 1.29 is 10.0 Å². The number of benzene rings is 1. The van der Waals surface area contributed by atoms with Crippen LogP contribution in [-0.4, -0.2) is 38.6 Å². The molecule has 0 saturated carbocycles. The van der Waals surface area contributed by atoms with E-state index >= 15 is 0 Å². The zero-order chi connectivity index (χ0) is 14.8. The zero-order valence-electron chi connectivity index (χ0n) is 12.2. The third-order valence-electron chi connectivity index (χ3n) is 4.04. The maximum Gasteiger partial charge on any atom is 0.202 e. The Bertz CT molecular complexity index is 664. The first-order valence-corrected chi connectivity index (χ1v) is 7.77. The molecule has 0 amide bonds. The van der Waals surface area contributed by atoms with Crippen molar-refractivity contribution in [2.75, 3.05) is 13.1 Å². The highest BCUT2D eigenvalue weighted by molar-refractivity contribution is 7.71. The van der Waals surface area contributed by atoms with Gasteiger partial charge in [-0.25, -0.2) is 0 Å². The third-order valence-corrected chi connectivity index (χ3v) is 4.52. The minimum atomic E-state index is -0.194. The van der Waals surface area contributed by atoms with E-state index in [9.17, 15) is 5.11 Å². The Kier molecular flexibility index (Phi) is 4.19. The summed E-state index contributed by atoms with van der Waals surface area (Å²) in [5, 5.41) is 14.5. The van der Waals surface area contributed by atoms with Crippen LogP contribution in [0.25, 0.3) is 11.4 Å². The van der Waals surface area contributed by atoms with Crippen LogP contribution in [0, 0.1) is 4.77 Å². The maximum atomic E-state index is 9.78. The molecule has 3 rings (SSSR count). The molecule has 2 N–H and O–H groups in total. The van der Waals surface area contributed by atoms with Gasteiger partial charge in [0.25, 0.3) is 0 Å². The van der Waals surface area contributed by atoms with Gasteiger partial charge >= 0.3 is 0 Å². The second kappa shape index (κ2) is 6.09. The molecule has 1 fully saturated rings. The Morgan fingerprint density at radius 1 is 1.38 bits per heavy atom. The zero-order valence-corrected chi connectivity index (χ0v) is 13.0. The Hall–Kier alpha value is -1.50. The lowest BCUT2D eigenvalue weighted by molar-refractivity contribution is -0.931. The second-order valence-corrected chi connectivity index (χ2v) is 6.05. The Morgan fingerprint density at radius 2 is 2.14 bits per heavy atom. The lowest BCUT2D eigenvalue weighted by Crippen LogP contribution is -3.13. The molecule has 2 atom stereocenters. The molecule has 5 nitrogen and oxygen atoms in total. The van der Waals surface area contributed by atoms with Gasteiger partial charge in [0.05, 0.1) is 6.54 Å². The molecule has 1 aliphatic rings. The number of quaternary nitrogens is 1. The third kappa shape index (κ3) is 3.07. The lowest BCUT2D eigenvalue weighted by atomic mass is 10.1. The van der Waals surface area contributed by atoms with Crippen LogP contribution in [0.3, 0.4) is 0 Å². The SMILES string of the molecule is Cn1c(-c2ccccc2)nn(C[NH+]2CCC[C@@H](O)C2)c1=S. The number of hydrogen-bond donors (Lipinski definition) is 2. The van der Waals surface area contributed by atoms with Crippen LogP contribution in [0.5, 0.6) is 0 Å². The van der Waals surface area contributed by atoms with Crippen molar-refractivity contribution in [3.05, 3.63) is 35.1 Å². The van der Waals surface area contributed by atoms with Crippen molar-refractivity contribution in [3.8, 4) is 11.4 Å². The average Bonchev–Trinajstić information content (AvgIpc) is 2.77. The summed E-state index contributed by atoms with van der Waals surface area (Å²) in [7, 11) is 1.95. The summed E-state index contributed by atoms with van der Waals surface area (Å²) < 4.78 is 4.55. The van der Waals surface area contributed by atoms with E-state index in [-0.39, 0.29) is 6.10 Å². The van der Waals surface area contributed by atoms with E-state index in [1.54, 1.807) is 0 Å². The van der Waals surface area contributed by atoms with Gasteiger partial charge in [-0.3, -0.25) is 0 Å². The fourth-order valence-corrected chi connectivity index (χ4v) is 3.10. The van der Waals surface area contributed by atoms with Crippen molar-refractivity contribution in [2.24, 2.45) is 7.05 Å². The Labute approximate surface area is 129 Å². The van der Waals surface area contributed by atoms with Crippen molar-refractivity contribution in [2.45, 2.75) is 25.6 Å². The predicted octanol–water partition coefficient (Wildman–Crippen LogP) is 0.615. The fraction of sp³-hybridized carbons (Fsp3) is 0.467. The number of nitrogens with one attached hydrogen (secondary N) is 1. The van der Waals surface area contributed by atoms with Crippen molar-refractivity contribution in [3.63, 3.8) is 0 Å². The van der Waals surface area contributed by atoms with Gasteiger partial charge in [-0.05, 0) is 25.1 Å². The topological polar surface area (TPSA) is 47.4 Å². The molecule has 112 valence electrons. The van der Waals surface area contributed by atoms with Crippen molar-refractivity contribution in [1.82, 2.24) is 14.3 Å². The van der Waals surface area contributed by atoms with E-state index < -0.39 is 0 Å². The summed E-state index contributed by atoms with van der Waals surface area (Å²) in [6, 6.07) is 10.1. The van der Waals surface area contributed by atoms with Crippen LogP contribution in [0.1, 0.15) is 12.8 Å². The molecule has 2 heterocycles. The lowest BCUT2D eigenvalue weighted by Gasteiger charge is -2.26. The van der Waals surface area contributed by atoms with E-state index in [0.29, 0.717) is 0 Å². The summed E-state index contributed by atoms with van der Waals surface area (Å²) in [4.78, 5) is 1.34. The second-order valence-electron chi connectivity index (χ2n) is 5.69. The first-order chi connectivity index (χ1) is 10.1. The smallest absolute Gasteiger partial charge is 0.202 e. The molecule has 6 heteroatoms. The Balaban J connectivity index is 1.85. The molecule has 0 spiro atoms. The molecule has 1 aliphatic heterocycles. The molecule has 1 aromatic carbocycles. The van der Waals surface area contributed by atoms with Crippen molar-refractivity contribution >= 4 is 12.2 Å². The summed E-state index contributed by atoms with van der Waals surface area (Å²) in [6.07, 6.45) is 1.77. The predicted molar refractivity (Wildman–Crippen MR) is 83.4 cm³/mol. The van der Waals surface area contributed by atoms with Gasteiger partial charge in [-0.15, -0.1) is 5.10 Å². The van der Waals surface area contributed by atoms with Gasteiger partial charge in [0.2, 0.25) is 4.77 Å². The van der Waals surface area contributed by atoms with E-state index in [2.05, 4.69) is 5.10 Å².